The van der Waals surface area contributed by atoms with Crippen LogP contribution < -0.4 is 5.32 Å². The number of nitrogens with zero attached hydrogens (tertiary/aromatic N) is 4. The molecule has 2 aliphatic rings. The van der Waals surface area contributed by atoms with E-state index in [1.165, 1.54) is 12.1 Å². The topological polar surface area (TPSA) is 111 Å². The monoisotopic (exact) mass is 456 g/mol. The molecule has 0 radical (unpaired) electrons. The van der Waals surface area contributed by atoms with Gasteiger partial charge >= 0.3 is 0 Å². The number of likely N-dealkylation sites (tertiary alicyclic amines) is 1. The van der Waals surface area contributed by atoms with Gasteiger partial charge in [-0.25, -0.2) is 9.37 Å². The van der Waals surface area contributed by atoms with Gasteiger partial charge in [-0.2, -0.15) is 5.10 Å². The molecule has 2 N–H and O–H groups in total. The van der Waals surface area contributed by atoms with Gasteiger partial charge in [0.25, 0.3) is 0 Å². The standard InChI is InChI=1S/C23H29FN6O3/c1-23(2)22(33)25-11-13-30(23)20(32)10-9-19(31)29-12-3-4-17(29)21-26-18(27-28-21)14-15-5-7-16(24)8-6-15/h5-8,17H,3-4,9-14H2,1-2H3,(H,25,33)(H,26,27,28)/t17-/m0/s1. The molecule has 9 nitrogen and oxygen atoms in total. The molecule has 0 bridgehead atoms. The van der Waals surface area contributed by atoms with Crippen molar-refractivity contribution >= 4 is 17.7 Å². The van der Waals surface area contributed by atoms with E-state index in [9.17, 15) is 18.8 Å². The van der Waals surface area contributed by atoms with Crippen molar-refractivity contribution in [2.24, 2.45) is 0 Å². The van der Waals surface area contributed by atoms with E-state index < -0.39 is 5.54 Å². The quantitative estimate of drug-likeness (QED) is 0.688. The average molecular weight is 457 g/mol. The molecule has 2 aliphatic heterocycles. The van der Waals surface area contributed by atoms with Crippen LogP contribution in [-0.4, -0.2) is 67.9 Å². The maximum absolute atomic E-state index is 13.1. The third kappa shape index (κ3) is 4.89. The number of nitrogens with one attached hydrogen (secondary N) is 2. The number of rotatable bonds is 6. The average Bonchev–Trinajstić information content (AvgIpc) is 3.45. The van der Waals surface area contributed by atoms with E-state index in [4.69, 9.17) is 0 Å². The number of halogens is 1. The van der Waals surface area contributed by atoms with Gasteiger partial charge in [0.2, 0.25) is 17.7 Å². The molecule has 2 aromatic rings. The first-order valence-electron chi connectivity index (χ1n) is 11.3. The molecule has 10 heteroatoms. The number of hydrogen-bond donors (Lipinski definition) is 2. The van der Waals surface area contributed by atoms with Crippen LogP contribution in [0.3, 0.4) is 0 Å². The van der Waals surface area contributed by atoms with Gasteiger partial charge in [0.15, 0.2) is 5.82 Å². The minimum Gasteiger partial charge on any atom is -0.352 e. The van der Waals surface area contributed by atoms with Crippen LogP contribution in [0.4, 0.5) is 4.39 Å². The Kier molecular flexibility index (Phi) is 6.44. The van der Waals surface area contributed by atoms with Gasteiger partial charge < -0.3 is 15.1 Å². The summed E-state index contributed by atoms with van der Waals surface area (Å²) in [7, 11) is 0. The van der Waals surface area contributed by atoms with Crippen LogP contribution in [0.15, 0.2) is 24.3 Å². The molecule has 0 saturated carbocycles. The number of aromatic amines is 1. The lowest BCUT2D eigenvalue weighted by molar-refractivity contribution is -0.150. The van der Waals surface area contributed by atoms with Crippen molar-refractivity contribution in [3.8, 4) is 0 Å². The number of benzene rings is 1. The Bertz CT molecular complexity index is 1040. The molecule has 1 aromatic heterocycles. The minimum atomic E-state index is -0.922. The van der Waals surface area contributed by atoms with Crippen LogP contribution in [0.5, 0.6) is 0 Å². The van der Waals surface area contributed by atoms with E-state index in [1.54, 1.807) is 35.8 Å². The van der Waals surface area contributed by atoms with Crippen molar-refractivity contribution < 1.29 is 18.8 Å². The number of carbonyl (C=O) groups excluding carboxylic acids is 3. The molecule has 2 fully saturated rings. The Hall–Kier alpha value is -3.30. The predicted octanol–water partition coefficient (Wildman–Crippen LogP) is 1.72. The number of H-pyrrole nitrogens is 1. The molecule has 1 atom stereocenters. The normalized spacial score (nSPS) is 20.1. The van der Waals surface area contributed by atoms with Crippen molar-refractivity contribution in [2.75, 3.05) is 19.6 Å². The summed E-state index contributed by atoms with van der Waals surface area (Å²) in [6.45, 7) is 4.87. The largest absolute Gasteiger partial charge is 0.352 e. The lowest BCUT2D eigenvalue weighted by Crippen LogP contribution is -2.63. The summed E-state index contributed by atoms with van der Waals surface area (Å²) in [5.41, 5.74) is -0.0136. The smallest absolute Gasteiger partial charge is 0.245 e. The van der Waals surface area contributed by atoms with Gasteiger partial charge in [0.1, 0.15) is 17.2 Å². The predicted molar refractivity (Wildman–Crippen MR) is 117 cm³/mol. The minimum absolute atomic E-state index is 0.0581. The highest BCUT2D eigenvalue weighted by atomic mass is 19.1. The number of amides is 3. The second-order valence-corrected chi connectivity index (χ2v) is 9.05. The van der Waals surface area contributed by atoms with E-state index in [0.29, 0.717) is 37.7 Å². The lowest BCUT2D eigenvalue weighted by Gasteiger charge is -2.41. The molecule has 2 saturated heterocycles. The molecule has 33 heavy (non-hydrogen) atoms. The fourth-order valence-corrected chi connectivity index (χ4v) is 4.50. The summed E-state index contributed by atoms with van der Waals surface area (Å²) in [6.07, 6.45) is 2.22. The Morgan fingerprint density at radius 2 is 1.88 bits per heavy atom. The maximum Gasteiger partial charge on any atom is 0.245 e. The highest BCUT2D eigenvalue weighted by Gasteiger charge is 2.40. The first kappa shape index (κ1) is 22.9. The molecule has 0 spiro atoms. The summed E-state index contributed by atoms with van der Waals surface area (Å²) in [6, 6.07) is 5.98. The van der Waals surface area contributed by atoms with Crippen LogP contribution in [0.1, 0.15) is 62.8 Å². The Morgan fingerprint density at radius 3 is 2.64 bits per heavy atom. The molecular formula is C23H29FN6O3. The molecule has 1 aromatic carbocycles. The zero-order valence-electron chi connectivity index (χ0n) is 18.9. The number of aromatic nitrogens is 3. The Balaban J connectivity index is 1.36. The second kappa shape index (κ2) is 9.29. The maximum atomic E-state index is 13.1. The lowest BCUT2D eigenvalue weighted by atomic mass is 9.98. The third-order valence-corrected chi connectivity index (χ3v) is 6.41. The van der Waals surface area contributed by atoms with Crippen LogP contribution in [0.25, 0.3) is 0 Å². The first-order valence-corrected chi connectivity index (χ1v) is 11.3. The fraction of sp³-hybridized carbons (Fsp3) is 0.522. The van der Waals surface area contributed by atoms with E-state index in [1.807, 2.05) is 0 Å². The fourth-order valence-electron chi connectivity index (χ4n) is 4.50. The van der Waals surface area contributed by atoms with Gasteiger partial charge in [0, 0.05) is 38.9 Å². The highest BCUT2D eigenvalue weighted by Crippen LogP contribution is 2.31. The molecule has 176 valence electrons. The molecule has 0 unspecified atom stereocenters. The number of piperazine rings is 1. The van der Waals surface area contributed by atoms with Crippen LogP contribution in [0.2, 0.25) is 0 Å². The molecule has 0 aliphatic carbocycles. The Morgan fingerprint density at radius 1 is 1.15 bits per heavy atom. The summed E-state index contributed by atoms with van der Waals surface area (Å²) >= 11 is 0. The van der Waals surface area contributed by atoms with Crippen LogP contribution >= 0.6 is 0 Å². The highest BCUT2D eigenvalue weighted by molar-refractivity contribution is 5.93. The summed E-state index contributed by atoms with van der Waals surface area (Å²) in [5, 5.41) is 10.0. The van der Waals surface area contributed by atoms with Gasteiger partial charge in [-0.3, -0.25) is 19.5 Å². The third-order valence-electron chi connectivity index (χ3n) is 6.41. The van der Waals surface area contributed by atoms with E-state index in [2.05, 4.69) is 20.5 Å². The van der Waals surface area contributed by atoms with Crippen molar-refractivity contribution in [1.29, 1.82) is 0 Å². The van der Waals surface area contributed by atoms with Gasteiger partial charge in [-0.15, -0.1) is 0 Å². The van der Waals surface area contributed by atoms with Crippen molar-refractivity contribution in [1.82, 2.24) is 30.3 Å². The van der Waals surface area contributed by atoms with Gasteiger partial charge in [-0.05, 0) is 44.4 Å². The zero-order chi connectivity index (χ0) is 23.6. The molecule has 4 rings (SSSR count). The zero-order valence-corrected chi connectivity index (χ0v) is 18.9. The van der Waals surface area contributed by atoms with Crippen LogP contribution in [-0.2, 0) is 20.8 Å². The second-order valence-electron chi connectivity index (χ2n) is 9.05. The van der Waals surface area contributed by atoms with Gasteiger partial charge in [0.05, 0.1) is 6.04 Å². The van der Waals surface area contributed by atoms with E-state index in [-0.39, 0.29) is 42.4 Å². The molecular weight excluding hydrogens is 427 g/mol. The summed E-state index contributed by atoms with van der Waals surface area (Å²) in [5.74, 6) is 0.417. The van der Waals surface area contributed by atoms with Gasteiger partial charge in [-0.1, -0.05) is 12.1 Å². The van der Waals surface area contributed by atoms with Crippen molar-refractivity contribution in [3.63, 3.8) is 0 Å². The summed E-state index contributed by atoms with van der Waals surface area (Å²) < 4.78 is 13.1. The van der Waals surface area contributed by atoms with E-state index in [0.717, 1.165) is 18.4 Å². The molecule has 3 heterocycles. The summed E-state index contributed by atoms with van der Waals surface area (Å²) in [4.78, 5) is 45.7. The SMILES string of the molecule is CC1(C)C(=O)NCCN1C(=O)CCC(=O)N1CCC[C@H]1c1n[nH]c(Cc2ccc(F)cc2)n1. The van der Waals surface area contributed by atoms with E-state index >= 15 is 0 Å². The molecule has 3 amide bonds. The van der Waals surface area contributed by atoms with Crippen LogP contribution in [0, 0.1) is 5.82 Å². The van der Waals surface area contributed by atoms with Crippen molar-refractivity contribution in [3.05, 3.63) is 47.3 Å². The number of carbonyl (C=O) groups is 3. The number of hydrogen-bond acceptors (Lipinski definition) is 5. The first-order chi connectivity index (χ1) is 15.8. The Labute approximate surface area is 191 Å². The van der Waals surface area contributed by atoms with Crippen molar-refractivity contribution in [2.45, 2.75) is 57.5 Å².